The maximum Gasteiger partial charge on any atom is 0.191 e. The Hall–Kier alpha value is -2.57. The summed E-state index contributed by atoms with van der Waals surface area (Å²) < 4.78 is 1.98. The van der Waals surface area contributed by atoms with Crippen molar-refractivity contribution in [2.75, 3.05) is 25.0 Å². The van der Waals surface area contributed by atoms with Gasteiger partial charge in [0.25, 0.3) is 0 Å². The molecule has 1 aromatic heterocycles. The van der Waals surface area contributed by atoms with Gasteiger partial charge >= 0.3 is 0 Å². The van der Waals surface area contributed by atoms with Crippen LogP contribution in [-0.4, -0.2) is 46.9 Å². The lowest BCUT2D eigenvalue weighted by Gasteiger charge is -2.34. The second kappa shape index (κ2) is 8.00. The first-order valence-corrected chi connectivity index (χ1v) is 8.79. The van der Waals surface area contributed by atoms with Gasteiger partial charge in [-0.25, -0.2) is 0 Å². The molecule has 7 nitrogen and oxygen atoms in total. The first-order valence-electron chi connectivity index (χ1n) is 8.79. The molecule has 7 heteroatoms. The van der Waals surface area contributed by atoms with Gasteiger partial charge in [0.05, 0.1) is 6.54 Å². The van der Waals surface area contributed by atoms with Gasteiger partial charge in [-0.05, 0) is 31.9 Å². The molecule has 0 amide bonds. The van der Waals surface area contributed by atoms with E-state index in [9.17, 15) is 0 Å². The summed E-state index contributed by atoms with van der Waals surface area (Å²) in [6, 6.07) is 11.0. The van der Waals surface area contributed by atoms with Crippen LogP contribution in [0.1, 0.15) is 24.5 Å². The number of piperidine rings is 1. The number of rotatable bonds is 4. The highest BCUT2D eigenvalue weighted by atomic mass is 15.3. The Morgan fingerprint density at radius 3 is 2.52 bits per heavy atom. The fourth-order valence-corrected chi connectivity index (χ4v) is 3.08. The van der Waals surface area contributed by atoms with Crippen molar-refractivity contribution in [2.24, 2.45) is 12.0 Å². The van der Waals surface area contributed by atoms with Gasteiger partial charge in [-0.3, -0.25) is 4.99 Å². The number of benzene rings is 1. The van der Waals surface area contributed by atoms with Crippen LogP contribution in [0.15, 0.2) is 35.3 Å². The van der Waals surface area contributed by atoms with Crippen molar-refractivity contribution in [1.29, 1.82) is 0 Å². The monoisotopic (exact) mass is 341 g/mol. The summed E-state index contributed by atoms with van der Waals surface area (Å²) in [5.74, 6) is 2.63. The Kier molecular flexibility index (Phi) is 5.53. The molecule has 0 bridgehead atoms. The lowest BCUT2D eigenvalue weighted by atomic mass is 10.0. The second-order valence-electron chi connectivity index (χ2n) is 6.39. The van der Waals surface area contributed by atoms with Crippen molar-refractivity contribution in [1.82, 2.24) is 25.4 Å². The van der Waals surface area contributed by atoms with E-state index in [-0.39, 0.29) is 0 Å². The standard InChI is InChI=1S/C18H27N7/c1-14-22-23-17(24(14)3)13-20-18(19-2)21-15-9-11-25(12-10-15)16-7-5-4-6-8-16/h4-8,15H,9-13H2,1-3H3,(H2,19,20,21). The first kappa shape index (κ1) is 17.3. The fourth-order valence-electron chi connectivity index (χ4n) is 3.08. The lowest BCUT2D eigenvalue weighted by molar-refractivity contribution is 0.461. The number of aliphatic imine (C=N–C) groups is 1. The van der Waals surface area contributed by atoms with Gasteiger partial charge in [0.1, 0.15) is 5.82 Å². The summed E-state index contributed by atoms with van der Waals surface area (Å²) in [5.41, 5.74) is 1.31. The van der Waals surface area contributed by atoms with Crippen LogP contribution in [0, 0.1) is 6.92 Å². The van der Waals surface area contributed by atoms with Crippen molar-refractivity contribution < 1.29 is 0 Å². The number of hydrogen-bond acceptors (Lipinski definition) is 4. The second-order valence-corrected chi connectivity index (χ2v) is 6.39. The van der Waals surface area contributed by atoms with Crippen LogP contribution in [-0.2, 0) is 13.6 Å². The predicted octanol–water partition coefficient (Wildman–Crippen LogP) is 1.46. The molecule has 0 spiro atoms. The van der Waals surface area contributed by atoms with E-state index in [1.807, 2.05) is 18.5 Å². The summed E-state index contributed by atoms with van der Waals surface area (Å²) in [5, 5.41) is 15.1. The molecule has 0 atom stereocenters. The molecule has 2 aromatic rings. The van der Waals surface area contributed by atoms with E-state index in [2.05, 4.69) is 61.1 Å². The van der Waals surface area contributed by atoms with E-state index in [0.717, 1.165) is 43.5 Å². The van der Waals surface area contributed by atoms with Crippen molar-refractivity contribution in [3.05, 3.63) is 42.0 Å². The third kappa shape index (κ3) is 4.29. The molecule has 2 heterocycles. The molecule has 3 rings (SSSR count). The first-order chi connectivity index (χ1) is 12.2. The quantitative estimate of drug-likeness (QED) is 0.651. The normalized spacial score (nSPS) is 16.1. The number of anilines is 1. The van der Waals surface area contributed by atoms with Crippen LogP contribution in [0.2, 0.25) is 0 Å². The van der Waals surface area contributed by atoms with Crippen LogP contribution in [0.5, 0.6) is 0 Å². The third-order valence-electron chi connectivity index (χ3n) is 4.78. The average molecular weight is 341 g/mol. The molecule has 134 valence electrons. The Labute approximate surface area is 149 Å². The average Bonchev–Trinajstić information content (AvgIpc) is 2.98. The highest BCUT2D eigenvalue weighted by Crippen LogP contribution is 2.19. The third-order valence-corrected chi connectivity index (χ3v) is 4.78. The lowest BCUT2D eigenvalue weighted by Crippen LogP contribution is -2.48. The minimum Gasteiger partial charge on any atom is -0.371 e. The number of aryl methyl sites for hydroxylation is 1. The summed E-state index contributed by atoms with van der Waals surface area (Å²) in [6.07, 6.45) is 2.19. The molecule has 1 aliphatic rings. The summed E-state index contributed by atoms with van der Waals surface area (Å²) >= 11 is 0. The number of nitrogens with one attached hydrogen (secondary N) is 2. The van der Waals surface area contributed by atoms with Gasteiger partial charge < -0.3 is 20.1 Å². The minimum absolute atomic E-state index is 0.437. The molecule has 0 unspecified atom stereocenters. The molecule has 0 radical (unpaired) electrons. The van der Waals surface area contributed by atoms with Crippen LogP contribution < -0.4 is 15.5 Å². The highest BCUT2D eigenvalue weighted by Gasteiger charge is 2.20. The van der Waals surface area contributed by atoms with E-state index in [1.54, 1.807) is 7.05 Å². The smallest absolute Gasteiger partial charge is 0.191 e. The molecule has 0 saturated carbocycles. The van der Waals surface area contributed by atoms with Crippen LogP contribution in [0.25, 0.3) is 0 Å². The molecular weight excluding hydrogens is 314 g/mol. The number of nitrogens with zero attached hydrogens (tertiary/aromatic N) is 5. The Morgan fingerprint density at radius 2 is 1.92 bits per heavy atom. The topological polar surface area (TPSA) is 70.4 Å². The Balaban J connectivity index is 1.48. The van der Waals surface area contributed by atoms with Crippen LogP contribution >= 0.6 is 0 Å². The molecule has 2 N–H and O–H groups in total. The van der Waals surface area contributed by atoms with Gasteiger partial charge in [0, 0.05) is 38.9 Å². The van der Waals surface area contributed by atoms with Gasteiger partial charge in [0.15, 0.2) is 11.8 Å². The van der Waals surface area contributed by atoms with E-state index in [4.69, 9.17) is 0 Å². The number of guanidine groups is 1. The molecule has 1 aromatic carbocycles. The van der Waals surface area contributed by atoms with Gasteiger partial charge in [-0.15, -0.1) is 10.2 Å². The van der Waals surface area contributed by atoms with Crippen LogP contribution in [0.3, 0.4) is 0 Å². The van der Waals surface area contributed by atoms with E-state index >= 15 is 0 Å². The van der Waals surface area contributed by atoms with Gasteiger partial charge in [-0.2, -0.15) is 0 Å². The number of aromatic nitrogens is 3. The Morgan fingerprint density at radius 1 is 1.20 bits per heavy atom. The van der Waals surface area contributed by atoms with Crippen molar-refractivity contribution in [3.63, 3.8) is 0 Å². The number of para-hydroxylation sites is 1. The van der Waals surface area contributed by atoms with Crippen molar-refractivity contribution in [2.45, 2.75) is 32.4 Å². The zero-order valence-electron chi connectivity index (χ0n) is 15.2. The molecule has 1 fully saturated rings. The molecule has 25 heavy (non-hydrogen) atoms. The molecule has 1 saturated heterocycles. The van der Waals surface area contributed by atoms with Gasteiger partial charge in [0.2, 0.25) is 0 Å². The SMILES string of the molecule is CN=C(NCc1nnc(C)n1C)NC1CCN(c2ccccc2)CC1. The summed E-state index contributed by atoms with van der Waals surface area (Å²) in [6.45, 7) is 4.67. The molecule has 1 aliphatic heterocycles. The fraction of sp³-hybridized carbons (Fsp3) is 0.500. The predicted molar refractivity (Wildman–Crippen MR) is 101 cm³/mol. The summed E-state index contributed by atoms with van der Waals surface area (Å²) in [7, 11) is 3.78. The van der Waals surface area contributed by atoms with E-state index in [0.29, 0.717) is 12.6 Å². The van der Waals surface area contributed by atoms with Crippen molar-refractivity contribution in [3.8, 4) is 0 Å². The maximum absolute atomic E-state index is 4.33. The van der Waals surface area contributed by atoms with Crippen molar-refractivity contribution >= 4 is 11.6 Å². The van der Waals surface area contributed by atoms with E-state index in [1.165, 1.54) is 5.69 Å². The van der Waals surface area contributed by atoms with Crippen LogP contribution in [0.4, 0.5) is 5.69 Å². The molecular formula is C18H27N7. The zero-order valence-corrected chi connectivity index (χ0v) is 15.2. The largest absolute Gasteiger partial charge is 0.371 e. The van der Waals surface area contributed by atoms with Gasteiger partial charge in [-0.1, -0.05) is 18.2 Å². The highest BCUT2D eigenvalue weighted by molar-refractivity contribution is 5.79. The molecule has 0 aliphatic carbocycles. The number of hydrogen-bond donors (Lipinski definition) is 2. The maximum atomic E-state index is 4.33. The minimum atomic E-state index is 0.437. The zero-order chi connectivity index (χ0) is 17.6. The Bertz CT molecular complexity index is 699. The van der Waals surface area contributed by atoms with E-state index < -0.39 is 0 Å². The summed E-state index contributed by atoms with van der Waals surface area (Å²) in [4.78, 5) is 6.78.